The zero-order valence-corrected chi connectivity index (χ0v) is 18.3. The van der Waals surface area contributed by atoms with Gasteiger partial charge in [-0.1, -0.05) is 12.1 Å². The van der Waals surface area contributed by atoms with Gasteiger partial charge in [0.05, 0.1) is 22.8 Å². The Kier molecular flexibility index (Phi) is 16.6. The zero-order chi connectivity index (χ0) is 14.7. The first-order chi connectivity index (χ1) is 10.3. The summed E-state index contributed by atoms with van der Waals surface area (Å²) in [7, 11) is 0. The molecule has 0 aliphatic rings. The summed E-state index contributed by atoms with van der Waals surface area (Å²) in [5, 5.41) is 2.84. The molecule has 0 atom stereocenters. The molecule has 0 radical (unpaired) electrons. The molecule has 0 unspecified atom stereocenters. The average molecular weight is 480 g/mol. The first kappa shape index (κ1) is 30.0. The van der Waals surface area contributed by atoms with E-state index in [1.165, 1.54) is 0 Å². The second kappa shape index (κ2) is 14.4. The largest absolute Gasteiger partial charge is 0.325 e. The van der Waals surface area contributed by atoms with E-state index in [0.717, 1.165) is 33.5 Å². The molecule has 26 heavy (non-hydrogen) atoms. The van der Waals surface area contributed by atoms with E-state index >= 15 is 0 Å². The van der Waals surface area contributed by atoms with Gasteiger partial charge in [-0.2, -0.15) is 0 Å². The van der Waals surface area contributed by atoms with Crippen LogP contribution in [-0.2, 0) is 13.1 Å². The molecule has 0 saturated heterocycles. The fourth-order valence-corrected chi connectivity index (χ4v) is 2.74. The number of aromatic nitrogens is 3. The van der Waals surface area contributed by atoms with E-state index in [4.69, 9.17) is 11.5 Å². The van der Waals surface area contributed by atoms with E-state index in [1.807, 2.05) is 41.8 Å². The van der Waals surface area contributed by atoms with E-state index < -0.39 is 0 Å². The maximum Gasteiger partial charge on any atom is 0.142 e. The summed E-state index contributed by atoms with van der Waals surface area (Å²) in [6, 6.07) is 11.6. The lowest BCUT2D eigenvalue weighted by Gasteiger charge is -2.00. The van der Waals surface area contributed by atoms with Crippen LogP contribution in [-0.4, -0.2) is 15.0 Å². The number of nitrogens with zero attached hydrogens (tertiary/aromatic N) is 3. The van der Waals surface area contributed by atoms with Gasteiger partial charge in [-0.05, 0) is 24.3 Å². The van der Waals surface area contributed by atoms with Gasteiger partial charge in [-0.3, -0.25) is 0 Å². The van der Waals surface area contributed by atoms with Crippen LogP contribution in [0.15, 0.2) is 41.8 Å². The predicted molar refractivity (Wildman–Crippen MR) is 121 cm³/mol. The minimum Gasteiger partial charge on any atom is -0.325 e. The van der Waals surface area contributed by atoms with E-state index in [1.54, 1.807) is 11.3 Å². The standard InChI is InChI=1S/C15H15N5S.5ClH/c16-7-10-3-1-5-12(18-10)14-9-21-15(20-14)13-6-2-4-11(8-17)19-13;;;;;/h1-6,9H,7-8,16-17H2;5*1H. The first-order valence-corrected chi connectivity index (χ1v) is 7.46. The van der Waals surface area contributed by atoms with Crippen molar-refractivity contribution in [3.63, 3.8) is 0 Å². The van der Waals surface area contributed by atoms with Crippen LogP contribution in [0.25, 0.3) is 22.1 Å². The molecule has 0 bridgehead atoms. The SMILES string of the molecule is Cl.Cl.Cl.Cl.Cl.NCc1cccc(-c2csc(-c3cccc(CN)n3)n2)n1. The van der Waals surface area contributed by atoms with Crippen molar-refractivity contribution in [2.45, 2.75) is 13.1 Å². The molecule has 3 aromatic heterocycles. The minimum absolute atomic E-state index is 0. The molecule has 3 aromatic rings. The topological polar surface area (TPSA) is 90.7 Å². The first-order valence-electron chi connectivity index (χ1n) is 6.58. The minimum atomic E-state index is 0. The van der Waals surface area contributed by atoms with Crippen molar-refractivity contribution in [1.82, 2.24) is 15.0 Å². The Morgan fingerprint density at radius 2 is 1.15 bits per heavy atom. The maximum absolute atomic E-state index is 5.62. The summed E-state index contributed by atoms with van der Waals surface area (Å²) in [5.41, 5.74) is 15.5. The summed E-state index contributed by atoms with van der Waals surface area (Å²) >= 11 is 1.54. The molecule has 0 aliphatic carbocycles. The molecular weight excluding hydrogens is 460 g/mol. The monoisotopic (exact) mass is 477 g/mol. The van der Waals surface area contributed by atoms with Crippen LogP contribution in [0, 0.1) is 0 Å². The summed E-state index contributed by atoms with van der Waals surface area (Å²) in [6.45, 7) is 0.844. The second-order valence-electron chi connectivity index (χ2n) is 4.47. The Balaban J connectivity index is -0.00000106. The number of pyridine rings is 2. The molecule has 146 valence electrons. The fourth-order valence-electron chi connectivity index (χ4n) is 1.96. The molecule has 11 heteroatoms. The number of hydrogen-bond donors (Lipinski definition) is 2. The van der Waals surface area contributed by atoms with E-state index in [-0.39, 0.29) is 62.0 Å². The van der Waals surface area contributed by atoms with Crippen LogP contribution in [0.5, 0.6) is 0 Å². The van der Waals surface area contributed by atoms with Gasteiger partial charge in [0.2, 0.25) is 0 Å². The number of thiazole rings is 1. The van der Waals surface area contributed by atoms with Crippen LogP contribution in [0.1, 0.15) is 11.4 Å². The average Bonchev–Trinajstić information content (AvgIpc) is 3.05. The molecule has 4 N–H and O–H groups in total. The predicted octanol–water partition coefficient (Wildman–Crippen LogP) is 4.29. The molecule has 3 heterocycles. The number of nitrogens with two attached hydrogens (primary N) is 2. The lowest BCUT2D eigenvalue weighted by Crippen LogP contribution is -2.00. The van der Waals surface area contributed by atoms with Crippen molar-refractivity contribution in [3.05, 3.63) is 53.2 Å². The molecular formula is C15H20Cl5N5S. The third kappa shape index (κ3) is 7.13. The van der Waals surface area contributed by atoms with Crippen molar-refractivity contribution in [3.8, 4) is 22.1 Å². The van der Waals surface area contributed by atoms with E-state index in [2.05, 4.69) is 15.0 Å². The highest BCUT2D eigenvalue weighted by atomic mass is 35.5. The van der Waals surface area contributed by atoms with Crippen molar-refractivity contribution < 1.29 is 0 Å². The Hall–Kier alpha value is -0.700. The van der Waals surface area contributed by atoms with Crippen LogP contribution >= 0.6 is 73.4 Å². The molecule has 3 rings (SSSR count). The molecule has 0 aliphatic heterocycles. The quantitative estimate of drug-likeness (QED) is 0.582. The molecule has 0 saturated carbocycles. The number of hydrogen-bond acceptors (Lipinski definition) is 6. The highest BCUT2D eigenvalue weighted by Crippen LogP contribution is 2.27. The van der Waals surface area contributed by atoms with Gasteiger partial charge >= 0.3 is 0 Å². The lowest BCUT2D eigenvalue weighted by atomic mass is 10.2. The maximum atomic E-state index is 5.62. The van der Waals surface area contributed by atoms with Crippen LogP contribution in [0.4, 0.5) is 0 Å². The van der Waals surface area contributed by atoms with Gasteiger partial charge in [0.1, 0.15) is 10.7 Å². The van der Waals surface area contributed by atoms with Gasteiger partial charge in [0.25, 0.3) is 0 Å². The zero-order valence-electron chi connectivity index (χ0n) is 13.4. The Bertz CT molecular complexity index is 709. The van der Waals surface area contributed by atoms with Crippen LogP contribution in [0.3, 0.4) is 0 Å². The summed E-state index contributed by atoms with van der Waals surface area (Å²) in [6.07, 6.45) is 0. The lowest BCUT2D eigenvalue weighted by molar-refractivity contribution is 0.989. The Morgan fingerprint density at radius 1 is 0.654 bits per heavy atom. The van der Waals surface area contributed by atoms with Crippen molar-refractivity contribution in [1.29, 1.82) is 0 Å². The van der Waals surface area contributed by atoms with Crippen LogP contribution < -0.4 is 11.5 Å². The van der Waals surface area contributed by atoms with Crippen molar-refractivity contribution in [2.75, 3.05) is 0 Å². The Labute approximate surface area is 187 Å². The summed E-state index contributed by atoms with van der Waals surface area (Å²) < 4.78 is 0. The van der Waals surface area contributed by atoms with E-state index in [9.17, 15) is 0 Å². The van der Waals surface area contributed by atoms with Crippen molar-refractivity contribution >= 4 is 73.4 Å². The molecule has 0 fully saturated rings. The third-order valence-corrected chi connectivity index (χ3v) is 3.88. The second-order valence-corrected chi connectivity index (χ2v) is 5.33. The molecule has 5 nitrogen and oxygen atoms in total. The summed E-state index contributed by atoms with van der Waals surface area (Å²) in [5.74, 6) is 0. The highest BCUT2D eigenvalue weighted by molar-refractivity contribution is 7.13. The van der Waals surface area contributed by atoms with Gasteiger partial charge in [-0.25, -0.2) is 15.0 Å². The van der Waals surface area contributed by atoms with Gasteiger partial charge in [0, 0.05) is 18.5 Å². The smallest absolute Gasteiger partial charge is 0.142 e. The third-order valence-electron chi connectivity index (χ3n) is 3.02. The fraction of sp³-hybridized carbons (Fsp3) is 0.133. The highest BCUT2D eigenvalue weighted by Gasteiger charge is 2.09. The van der Waals surface area contributed by atoms with E-state index in [0.29, 0.717) is 13.1 Å². The molecule has 0 aromatic carbocycles. The van der Waals surface area contributed by atoms with Gasteiger partial charge < -0.3 is 11.5 Å². The number of halogens is 5. The van der Waals surface area contributed by atoms with Gasteiger partial charge in [-0.15, -0.1) is 73.4 Å². The molecule has 0 amide bonds. The van der Waals surface area contributed by atoms with Crippen LogP contribution in [0.2, 0.25) is 0 Å². The molecule has 0 spiro atoms. The summed E-state index contributed by atoms with van der Waals surface area (Å²) in [4.78, 5) is 13.6. The Morgan fingerprint density at radius 3 is 1.69 bits per heavy atom. The van der Waals surface area contributed by atoms with Crippen molar-refractivity contribution in [2.24, 2.45) is 11.5 Å². The normalized spacial score (nSPS) is 8.69. The van der Waals surface area contributed by atoms with Gasteiger partial charge in [0.15, 0.2) is 0 Å². The number of rotatable bonds is 4.